The molecule has 0 unspecified atom stereocenters. The molecule has 0 aliphatic carbocycles. The van der Waals surface area contributed by atoms with E-state index in [1.807, 2.05) is 30.5 Å². The molecule has 1 aliphatic heterocycles. The average molecular weight is 749 g/mol. The highest BCUT2D eigenvalue weighted by Gasteiger charge is 2.33. The van der Waals surface area contributed by atoms with E-state index in [0.717, 1.165) is 16.0 Å². The Kier molecular flexibility index (Phi) is 10.5. The molecule has 0 saturated carbocycles. The molecule has 0 bridgehead atoms. The number of ether oxygens (including phenoxy) is 3. The molecule has 234 valence electrons. The molecular weight excluding hydrogens is 719 g/mol. The Morgan fingerprint density at radius 3 is 2.51 bits per heavy atom. The molecule has 0 saturated heterocycles. The zero-order valence-electron chi connectivity index (χ0n) is 25.0. The number of nitrogens with zero attached hydrogens (tertiary/aromatic N) is 2. The fourth-order valence-electron chi connectivity index (χ4n) is 4.83. The predicted octanol–water partition coefficient (Wildman–Crippen LogP) is 7.57. The largest absolute Gasteiger partial charge is 0.493 e. The van der Waals surface area contributed by atoms with Gasteiger partial charge in [-0.25, -0.2) is 9.79 Å². The van der Waals surface area contributed by atoms with Gasteiger partial charge in [-0.3, -0.25) is 9.36 Å². The summed E-state index contributed by atoms with van der Waals surface area (Å²) in [7, 11) is 1.55. The van der Waals surface area contributed by atoms with Gasteiger partial charge in [0.1, 0.15) is 6.61 Å². The van der Waals surface area contributed by atoms with Gasteiger partial charge in [0.15, 0.2) is 16.3 Å². The lowest BCUT2D eigenvalue weighted by molar-refractivity contribution is -0.143. The van der Waals surface area contributed by atoms with Crippen molar-refractivity contribution in [2.24, 2.45) is 4.99 Å². The quantitative estimate of drug-likeness (QED) is 0.130. The first-order valence-electron chi connectivity index (χ1n) is 13.8. The van der Waals surface area contributed by atoms with Crippen LogP contribution in [0.1, 0.15) is 43.5 Å². The molecule has 3 aromatic carbocycles. The molecule has 4 aromatic rings. The number of allylic oxidation sites excluding steroid dienone is 1. The molecule has 1 aromatic heterocycles. The molecule has 0 N–H and O–H groups in total. The van der Waals surface area contributed by atoms with Crippen molar-refractivity contribution in [3.63, 3.8) is 0 Å². The van der Waals surface area contributed by atoms with E-state index < -0.39 is 12.0 Å². The van der Waals surface area contributed by atoms with Crippen molar-refractivity contribution in [3.8, 4) is 11.5 Å². The van der Waals surface area contributed by atoms with Gasteiger partial charge in [0.25, 0.3) is 5.56 Å². The topological polar surface area (TPSA) is 79.1 Å². The molecule has 1 atom stereocenters. The van der Waals surface area contributed by atoms with Crippen LogP contribution in [0, 0.1) is 0 Å². The minimum Gasteiger partial charge on any atom is -0.493 e. The number of rotatable bonds is 9. The van der Waals surface area contributed by atoms with Crippen LogP contribution in [0.4, 0.5) is 0 Å². The second-order valence-electron chi connectivity index (χ2n) is 10.4. The average Bonchev–Trinajstić information content (AvgIpc) is 3.30. The van der Waals surface area contributed by atoms with E-state index in [2.05, 4.69) is 20.9 Å². The lowest BCUT2D eigenvalue weighted by Gasteiger charge is -2.25. The zero-order valence-corrected chi connectivity index (χ0v) is 29.8. The molecule has 5 rings (SSSR count). The van der Waals surface area contributed by atoms with Gasteiger partial charge in [0.05, 0.1) is 35.1 Å². The van der Waals surface area contributed by atoms with Crippen LogP contribution < -0.4 is 24.4 Å². The summed E-state index contributed by atoms with van der Waals surface area (Å²) in [6.07, 6.45) is 3.44. The number of esters is 1. The Bertz CT molecular complexity index is 1990. The first-order chi connectivity index (χ1) is 21.5. The van der Waals surface area contributed by atoms with Crippen molar-refractivity contribution in [1.29, 1.82) is 0 Å². The number of thioether (sulfide) groups is 1. The van der Waals surface area contributed by atoms with Gasteiger partial charge in [-0.15, -0.1) is 11.8 Å². The maximum Gasteiger partial charge on any atom is 0.338 e. The third-order valence-electron chi connectivity index (χ3n) is 6.98. The smallest absolute Gasteiger partial charge is 0.338 e. The molecule has 0 amide bonds. The van der Waals surface area contributed by atoms with E-state index in [1.54, 1.807) is 80.6 Å². The first-order valence-corrected chi connectivity index (χ1v) is 17.4. The maximum absolute atomic E-state index is 14.1. The maximum atomic E-state index is 14.1. The summed E-state index contributed by atoms with van der Waals surface area (Å²) in [5.41, 5.74) is 2.83. The Labute approximate surface area is 287 Å². The fraction of sp³-hybridized carbons (Fsp3) is 0.242. The van der Waals surface area contributed by atoms with Crippen LogP contribution in [-0.2, 0) is 16.1 Å². The monoisotopic (exact) mass is 746 g/mol. The lowest BCUT2D eigenvalue weighted by atomic mass is 9.96. The van der Waals surface area contributed by atoms with Crippen molar-refractivity contribution >= 4 is 74.3 Å². The Balaban J connectivity index is 1.57. The summed E-state index contributed by atoms with van der Waals surface area (Å²) in [5.74, 6) is 0.470. The number of carbonyl (C=O) groups is 1. The Morgan fingerprint density at radius 2 is 1.87 bits per heavy atom. The fourth-order valence-corrected chi connectivity index (χ4v) is 7.18. The number of hydrogen-bond acceptors (Lipinski definition) is 8. The third-order valence-corrected chi connectivity index (χ3v) is 9.98. The van der Waals surface area contributed by atoms with E-state index in [-0.39, 0.29) is 18.3 Å². The summed E-state index contributed by atoms with van der Waals surface area (Å²) >= 11 is 18.8. The van der Waals surface area contributed by atoms with E-state index >= 15 is 0 Å². The van der Waals surface area contributed by atoms with Crippen LogP contribution in [0.5, 0.6) is 11.5 Å². The van der Waals surface area contributed by atoms with Gasteiger partial charge >= 0.3 is 5.97 Å². The molecule has 7 nitrogen and oxygen atoms in total. The molecule has 0 spiro atoms. The standard InChI is InChI=1S/C33H29BrCl2N2O5S2/c1-17(2)43-32(40)29-18(3)37-33-38(30(29)19-7-10-23(44-5)11-8-19)31(39)28(45-33)13-21-12-26(41-4)27(15-24(21)34)42-16-20-6-9-22(35)14-25(20)36/h6-15,17,30H,16H2,1-5H3/b28-13-/t30-/m0/s1. The minimum absolute atomic E-state index is 0.204. The number of hydrogen-bond donors (Lipinski definition) is 0. The molecule has 0 radical (unpaired) electrons. The minimum atomic E-state index is -0.695. The molecule has 1 aliphatic rings. The molecule has 12 heteroatoms. The van der Waals surface area contributed by atoms with Gasteiger partial charge < -0.3 is 14.2 Å². The third kappa shape index (κ3) is 7.20. The van der Waals surface area contributed by atoms with Crippen LogP contribution in [0.15, 0.2) is 85.0 Å². The van der Waals surface area contributed by atoms with E-state index in [4.69, 9.17) is 37.4 Å². The number of aromatic nitrogens is 1. The van der Waals surface area contributed by atoms with Gasteiger partial charge in [-0.2, -0.15) is 0 Å². The SMILES string of the molecule is COc1cc(/C=c2\sc3n(c2=O)[C@@H](c2ccc(SC)cc2)C(C(=O)OC(C)C)=C(C)N=3)c(Br)cc1OCc1ccc(Cl)cc1Cl. The number of carbonyl (C=O) groups excluding carboxylic acids is 1. The van der Waals surface area contributed by atoms with E-state index in [0.29, 0.717) is 52.2 Å². The predicted molar refractivity (Wildman–Crippen MR) is 185 cm³/mol. The van der Waals surface area contributed by atoms with Gasteiger partial charge in [0.2, 0.25) is 0 Å². The number of benzene rings is 3. The summed E-state index contributed by atoms with van der Waals surface area (Å²) < 4.78 is 20.0. The highest BCUT2D eigenvalue weighted by atomic mass is 79.9. The second-order valence-corrected chi connectivity index (χ2v) is 13.9. The van der Waals surface area contributed by atoms with Crippen LogP contribution in [0.3, 0.4) is 0 Å². The van der Waals surface area contributed by atoms with Crippen molar-refractivity contribution in [2.75, 3.05) is 13.4 Å². The number of methoxy groups -OCH3 is 1. The Hall–Kier alpha value is -3.02. The van der Waals surface area contributed by atoms with Crippen LogP contribution in [0.2, 0.25) is 10.0 Å². The molecular formula is C33H29BrCl2N2O5S2. The summed E-state index contributed by atoms with van der Waals surface area (Å²) in [5, 5.41) is 1.04. The van der Waals surface area contributed by atoms with Crippen molar-refractivity contribution in [3.05, 3.63) is 117 Å². The molecule has 45 heavy (non-hydrogen) atoms. The highest BCUT2D eigenvalue weighted by Crippen LogP contribution is 2.36. The van der Waals surface area contributed by atoms with Crippen molar-refractivity contribution in [2.45, 2.75) is 44.4 Å². The zero-order chi connectivity index (χ0) is 32.4. The first kappa shape index (κ1) is 33.3. The van der Waals surface area contributed by atoms with E-state index in [1.165, 1.54) is 11.3 Å². The molecule has 0 fully saturated rings. The second kappa shape index (κ2) is 14.2. The van der Waals surface area contributed by atoms with Gasteiger partial charge in [0, 0.05) is 25.0 Å². The number of halogens is 3. The van der Waals surface area contributed by atoms with Crippen molar-refractivity contribution in [1.82, 2.24) is 4.57 Å². The summed E-state index contributed by atoms with van der Waals surface area (Å²) in [4.78, 5) is 33.7. The van der Waals surface area contributed by atoms with E-state index in [9.17, 15) is 9.59 Å². The Morgan fingerprint density at radius 1 is 1.13 bits per heavy atom. The van der Waals surface area contributed by atoms with Gasteiger partial charge in [-0.1, -0.05) is 68.7 Å². The van der Waals surface area contributed by atoms with Crippen LogP contribution in [-0.4, -0.2) is 30.0 Å². The summed E-state index contributed by atoms with van der Waals surface area (Å²) in [6.45, 7) is 5.56. The van der Waals surface area contributed by atoms with Crippen LogP contribution in [0.25, 0.3) is 6.08 Å². The normalized spacial score (nSPS) is 14.8. The number of fused-ring (bicyclic) bond motifs is 1. The van der Waals surface area contributed by atoms with Gasteiger partial charge in [-0.05, 0) is 80.6 Å². The summed E-state index contributed by atoms with van der Waals surface area (Å²) in [6, 6.07) is 15.9. The highest BCUT2D eigenvalue weighted by molar-refractivity contribution is 9.10. The van der Waals surface area contributed by atoms with Crippen LogP contribution >= 0.6 is 62.2 Å². The van der Waals surface area contributed by atoms with Crippen molar-refractivity contribution < 1.29 is 19.0 Å². The molecule has 2 heterocycles. The lowest BCUT2D eigenvalue weighted by Crippen LogP contribution is -2.40. The number of thiazole rings is 1.